The second-order valence-electron chi connectivity index (χ2n) is 6.24. The van der Waals surface area contributed by atoms with E-state index in [4.69, 9.17) is 4.99 Å². The molecule has 1 nitrogen and oxygen atoms in total. The summed E-state index contributed by atoms with van der Waals surface area (Å²) in [4.78, 5) is 4.70. The average molecular weight is 259 g/mol. The van der Waals surface area contributed by atoms with Crippen LogP contribution in [0.15, 0.2) is 53.5 Å². The van der Waals surface area contributed by atoms with Crippen molar-refractivity contribution in [2.75, 3.05) is 0 Å². The van der Waals surface area contributed by atoms with Crippen molar-refractivity contribution in [3.05, 3.63) is 54.1 Å². The molecule has 0 N–H and O–H groups in total. The highest BCUT2D eigenvalue weighted by Gasteiger charge is 2.26. The minimum Gasteiger partial charge on any atom is -0.260 e. The number of hydrogen-bond acceptors (Lipinski definition) is 1. The summed E-state index contributed by atoms with van der Waals surface area (Å²) in [6.45, 7) is 4.59. The van der Waals surface area contributed by atoms with Gasteiger partial charge in [-0.25, -0.2) is 0 Å². The lowest BCUT2D eigenvalue weighted by Gasteiger charge is -2.29. The molecule has 0 radical (unpaired) electrons. The van der Waals surface area contributed by atoms with Crippen LogP contribution in [0.25, 0.3) is 21.5 Å². The average Bonchev–Trinajstić information content (AvgIpc) is 2.46. The Morgan fingerprint density at radius 1 is 0.850 bits per heavy atom. The van der Waals surface area contributed by atoms with Crippen LogP contribution in [0, 0.1) is 0 Å². The predicted molar refractivity (Wildman–Crippen MR) is 87.2 cm³/mol. The maximum absolute atomic E-state index is 4.70. The van der Waals surface area contributed by atoms with Crippen LogP contribution < -0.4 is 0 Å². The zero-order valence-electron chi connectivity index (χ0n) is 11.9. The van der Waals surface area contributed by atoms with Crippen LogP contribution in [-0.4, -0.2) is 6.21 Å². The fraction of sp³-hybridized carbons (Fsp3) is 0.211. The molecular formula is C19H17N. The van der Waals surface area contributed by atoms with Crippen molar-refractivity contribution in [3.8, 4) is 0 Å². The minimum atomic E-state index is 0.177. The van der Waals surface area contributed by atoms with Crippen LogP contribution in [0.3, 0.4) is 0 Å². The van der Waals surface area contributed by atoms with E-state index in [1.807, 2.05) is 0 Å². The molecular weight excluding hydrogens is 242 g/mol. The summed E-state index contributed by atoms with van der Waals surface area (Å²) in [6, 6.07) is 17.5. The molecule has 0 amide bonds. The molecule has 1 heterocycles. The van der Waals surface area contributed by atoms with E-state index in [0.717, 1.165) is 12.1 Å². The first-order chi connectivity index (χ1) is 9.67. The lowest BCUT2D eigenvalue weighted by Crippen LogP contribution is -2.20. The van der Waals surface area contributed by atoms with Gasteiger partial charge < -0.3 is 0 Å². The van der Waals surface area contributed by atoms with E-state index in [0.29, 0.717) is 0 Å². The van der Waals surface area contributed by atoms with E-state index in [9.17, 15) is 0 Å². The summed E-state index contributed by atoms with van der Waals surface area (Å²) in [6.07, 6.45) is 3.08. The molecule has 0 aliphatic carbocycles. The zero-order chi connectivity index (χ0) is 13.7. The fourth-order valence-corrected chi connectivity index (χ4v) is 3.23. The van der Waals surface area contributed by atoms with Crippen LogP contribution >= 0.6 is 0 Å². The Hall–Kier alpha value is -2.15. The van der Waals surface area contributed by atoms with Crippen LogP contribution in [0.4, 0.5) is 5.69 Å². The summed E-state index contributed by atoms with van der Waals surface area (Å²) in [5, 5.41) is 5.17. The molecule has 1 heteroatoms. The van der Waals surface area contributed by atoms with Gasteiger partial charge in [0.05, 0.1) is 5.69 Å². The van der Waals surface area contributed by atoms with Gasteiger partial charge in [0.15, 0.2) is 0 Å². The Morgan fingerprint density at radius 3 is 2.55 bits per heavy atom. The Bertz CT molecular complexity index is 856. The largest absolute Gasteiger partial charge is 0.260 e. The second-order valence-corrected chi connectivity index (χ2v) is 6.24. The SMILES string of the molecule is CC1(C)CC=Nc2c1ccc1c2ccc2ccccc21. The molecule has 0 fully saturated rings. The Morgan fingerprint density at radius 2 is 1.65 bits per heavy atom. The molecule has 0 bridgehead atoms. The van der Waals surface area contributed by atoms with Gasteiger partial charge in [0.1, 0.15) is 0 Å². The van der Waals surface area contributed by atoms with E-state index in [1.165, 1.54) is 27.1 Å². The van der Waals surface area contributed by atoms with Crippen molar-refractivity contribution >= 4 is 33.4 Å². The molecule has 1 aliphatic rings. The highest BCUT2D eigenvalue weighted by atomic mass is 14.8. The van der Waals surface area contributed by atoms with Gasteiger partial charge in [-0.15, -0.1) is 0 Å². The topological polar surface area (TPSA) is 12.4 Å². The lowest BCUT2D eigenvalue weighted by atomic mass is 9.78. The predicted octanol–water partition coefficient (Wildman–Crippen LogP) is 5.38. The summed E-state index contributed by atoms with van der Waals surface area (Å²) >= 11 is 0. The smallest absolute Gasteiger partial charge is 0.0741 e. The van der Waals surface area contributed by atoms with Gasteiger partial charge in [0.25, 0.3) is 0 Å². The van der Waals surface area contributed by atoms with E-state index in [-0.39, 0.29) is 5.41 Å². The molecule has 4 rings (SSSR count). The number of nitrogens with zero attached hydrogens (tertiary/aromatic N) is 1. The number of benzene rings is 3. The zero-order valence-corrected chi connectivity index (χ0v) is 11.9. The molecule has 0 saturated heterocycles. The van der Waals surface area contributed by atoms with Gasteiger partial charge in [-0.1, -0.05) is 62.4 Å². The molecule has 20 heavy (non-hydrogen) atoms. The third-order valence-corrected chi connectivity index (χ3v) is 4.45. The minimum absolute atomic E-state index is 0.177. The standard InChI is InChI=1S/C19H17N/c1-19(2)11-12-20-18-16-8-7-13-5-3-4-6-14(13)15(16)9-10-17(18)19/h3-10,12H,11H2,1-2H3. The number of fused-ring (bicyclic) bond motifs is 5. The van der Waals surface area contributed by atoms with Crippen molar-refractivity contribution in [3.63, 3.8) is 0 Å². The van der Waals surface area contributed by atoms with Crippen LogP contribution in [0.1, 0.15) is 25.8 Å². The highest BCUT2D eigenvalue weighted by molar-refractivity contribution is 6.12. The van der Waals surface area contributed by atoms with Gasteiger partial charge in [0.2, 0.25) is 0 Å². The molecule has 98 valence electrons. The number of hydrogen-bond donors (Lipinski definition) is 0. The normalized spacial score (nSPS) is 16.5. The third kappa shape index (κ3) is 1.53. The molecule has 3 aromatic rings. The van der Waals surface area contributed by atoms with E-state index < -0.39 is 0 Å². The first-order valence-electron chi connectivity index (χ1n) is 7.14. The molecule has 3 aromatic carbocycles. The summed E-state index contributed by atoms with van der Waals surface area (Å²) < 4.78 is 0. The first-order valence-corrected chi connectivity index (χ1v) is 7.14. The van der Waals surface area contributed by atoms with Crippen LogP contribution in [0.5, 0.6) is 0 Å². The number of rotatable bonds is 0. The molecule has 0 spiro atoms. The van der Waals surface area contributed by atoms with E-state index in [2.05, 4.69) is 68.6 Å². The van der Waals surface area contributed by atoms with Crippen molar-refractivity contribution < 1.29 is 0 Å². The summed E-state index contributed by atoms with van der Waals surface area (Å²) in [5.74, 6) is 0. The van der Waals surface area contributed by atoms with E-state index >= 15 is 0 Å². The van der Waals surface area contributed by atoms with Crippen molar-refractivity contribution in [2.24, 2.45) is 4.99 Å². The maximum Gasteiger partial charge on any atom is 0.0741 e. The third-order valence-electron chi connectivity index (χ3n) is 4.45. The molecule has 0 unspecified atom stereocenters. The first kappa shape index (κ1) is 11.7. The van der Waals surface area contributed by atoms with Gasteiger partial charge in [0, 0.05) is 11.6 Å². The summed E-state index contributed by atoms with van der Waals surface area (Å²) in [7, 11) is 0. The van der Waals surface area contributed by atoms with Gasteiger partial charge >= 0.3 is 0 Å². The summed E-state index contributed by atoms with van der Waals surface area (Å²) in [5.41, 5.74) is 2.70. The van der Waals surface area contributed by atoms with Crippen molar-refractivity contribution in [2.45, 2.75) is 25.7 Å². The highest BCUT2D eigenvalue weighted by Crippen LogP contribution is 2.43. The monoisotopic (exact) mass is 259 g/mol. The fourth-order valence-electron chi connectivity index (χ4n) is 3.23. The molecule has 1 aliphatic heterocycles. The van der Waals surface area contributed by atoms with Crippen LogP contribution in [-0.2, 0) is 5.41 Å². The Labute approximate surface area is 119 Å². The Kier molecular flexibility index (Phi) is 2.29. The van der Waals surface area contributed by atoms with Gasteiger partial charge in [-0.05, 0) is 33.6 Å². The van der Waals surface area contributed by atoms with Crippen molar-refractivity contribution in [1.82, 2.24) is 0 Å². The lowest BCUT2D eigenvalue weighted by molar-refractivity contribution is 0.550. The quantitative estimate of drug-likeness (QED) is 0.481. The Balaban J connectivity index is 2.16. The maximum atomic E-state index is 4.70. The second kappa shape index (κ2) is 3.92. The van der Waals surface area contributed by atoms with E-state index in [1.54, 1.807) is 0 Å². The van der Waals surface area contributed by atoms with Crippen molar-refractivity contribution in [1.29, 1.82) is 0 Å². The molecule has 0 aromatic heterocycles. The molecule has 0 saturated carbocycles. The van der Waals surface area contributed by atoms with Gasteiger partial charge in [-0.3, -0.25) is 4.99 Å². The molecule has 0 atom stereocenters. The van der Waals surface area contributed by atoms with Crippen LogP contribution in [0.2, 0.25) is 0 Å². The number of aliphatic imine (C=N–C) groups is 1. The van der Waals surface area contributed by atoms with Gasteiger partial charge in [-0.2, -0.15) is 0 Å².